The van der Waals surface area contributed by atoms with E-state index >= 15 is 0 Å². The van der Waals surface area contributed by atoms with E-state index in [0.29, 0.717) is 31.6 Å². The summed E-state index contributed by atoms with van der Waals surface area (Å²) in [4.78, 5) is 37.8. The largest absolute Gasteiger partial charge is 0.455 e. The van der Waals surface area contributed by atoms with Gasteiger partial charge in [0.25, 0.3) is 5.91 Å². The predicted octanol–water partition coefficient (Wildman–Crippen LogP) is 3.12. The normalized spacial score (nSPS) is 15.2. The minimum Gasteiger partial charge on any atom is -0.455 e. The summed E-state index contributed by atoms with van der Waals surface area (Å²) in [6, 6.07) is 7.39. The third-order valence-electron chi connectivity index (χ3n) is 4.24. The molecule has 7 nitrogen and oxygen atoms in total. The quantitative estimate of drug-likeness (QED) is 0.816. The Morgan fingerprint density at radius 3 is 2.37 bits per heavy atom. The molecule has 1 aromatic rings. The van der Waals surface area contributed by atoms with Gasteiger partial charge < -0.3 is 19.7 Å². The van der Waals surface area contributed by atoms with Gasteiger partial charge in [-0.1, -0.05) is 18.2 Å². The molecule has 0 atom stereocenters. The summed E-state index contributed by atoms with van der Waals surface area (Å²) in [5.41, 5.74) is 1.09. The molecule has 0 spiro atoms. The monoisotopic (exact) mass is 376 g/mol. The van der Waals surface area contributed by atoms with E-state index in [1.165, 1.54) is 0 Å². The van der Waals surface area contributed by atoms with Crippen LogP contribution in [0.1, 0.15) is 39.2 Å². The number of hydrogen-bond donors (Lipinski definition) is 1. The first-order valence-electron chi connectivity index (χ1n) is 9.16. The summed E-state index contributed by atoms with van der Waals surface area (Å²) in [6.45, 7) is 7.89. The zero-order chi connectivity index (χ0) is 20.0. The number of benzene rings is 1. The average Bonchev–Trinajstić information content (AvgIpc) is 2.60. The lowest BCUT2D eigenvalue weighted by Crippen LogP contribution is -2.43. The molecule has 0 radical (unpaired) electrons. The van der Waals surface area contributed by atoms with Gasteiger partial charge in [-0.3, -0.25) is 9.59 Å². The highest BCUT2D eigenvalue weighted by molar-refractivity contribution is 5.93. The molecule has 0 unspecified atom stereocenters. The van der Waals surface area contributed by atoms with Crippen LogP contribution in [0.5, 0.6) is 0 Å². The first-order valence-corrected chi connectivity index (χ1v) is 9.16. The molecule has 0 bridgehead atoms. The van der Waals surface area contributed by atoms with Crippen LogP contribution in [0.4, 0.5) is 10.5 Å². The van der Waals surface area contributed by atoms with Crippen LogP contribution in [0, 0.1) is 12.8 Å². The fraction of sp³-hybridized carbons (Fsp3) is 0.550. The number of esters is 1. The number of carbonyl (C=O) groups is 3. The zero-order valence-electron chi connectivity index (χ0n) is 16.4. The number of carbonyl (C=O) groups excluding carboxylic acids is 3. The fourth-order valence-electron chi connectivity index (χ4n) is 2.78. The van der Waals surface area contributed by atoms with Gasteiger partial charge in [-0.2, -0.15) is 0 Å². The van der Waals surface area contributed by atoms with Crippen molar-refractivity contribution in [2.75, 3.05) is 25.0 Å². The van der Waals surface area contributed by atoms with E-state index < -0.39 is 11.6 Å². The number of likely N-dealkylation sites (tertiary alicyclic amines) is 1. The maximum atomic E-state index is 12.2. The summed E-state index contributed by atoms with van der Waals surface area (Å²) >= 11 is 0. The molecule has 27 heavy (non-hydrogen) atoms. The highest BCUT2D eigenvalue weighted by Crippen LogP contribution is 2.21. The van der Waals surface area contributed by atoms with Crippen LogP contribution >= 0.6 is 0 Å². The summed E-state index contributed by atoms with van der Waals surface area (Å²) in [5.74, 6) is -1.09. The van der Waals surface area contributed by atoms with Gasteiger partial charge >= 0.3 is 12.1 Å². The number of nitrogens with zero attached hydrogens (tertiary/aromatic N) is 1. The molecule has 1 aliphatic rings. The number of piperidine rings is 1. The highest BCUT2D eigenvalue weighted by Gasteiger charge is 2.30. The first kappa shape index (κ1) is 20.7. The molecule has 1 N–H and O–H groups in total. The van der Waals surface area contributed by atoms with Gasteiger partial charge in [0.2, 0.25) is 0 Å². The number of rotatable bonds is 4. The molecule has 1 heterocycles. The van der Waals surface area contributed by atoms with Gasteiger partial charge in [-0.25, -0.2) is 4.79 Å². The zero-order valence-corrected chi connectivity index (χ0v) is 16.4. The fourth-order valence-corrected chi connectivity index (χ4v) is 2.78. The Morgan fingerprint density at radius 2 is 1.78 bits per heavy atom. The number of nitrogens with one attached hydrogen (secondary N) is 1. The Balaban J connectivity index is 1.74. The molecule has 2 rings (SSSR count). The highest BCUT2D eigenvalue weighted by atomic mass is 16.6. The molecule has 0 aromatic heterocycles. The van der Waals surface area contributed by atoms with Crippen molar-refractivity contribution in [3.8, 4) is 0 Å². The van der Waals surface area contributed by atoms with Gasteiger partial charge in [-0.15, -0.1) is 0 Å². The number of aryl methyl sites for hydroxylation is 1. The van der Waals surface area contributed by atoms with Crippen LogP contribution in [-0.2, 0) is 19.1 Å². The number of ether oxygens (including phenoxy) is 2. The van der Waals surface area contributed by atoms with Gasteiger partial charge in [-0.05, 0) is 52.2 Å². The Morgan fingerprint density at radius 1 is 1.15 bits per heavy atom. The molecule has 148 valence electrons. The Hall–Kier alpha value is -2.57. The lowest BCUT2D eigenvalue weighted by Gasteiger charge is -2.32. The minimum absolute atomic E-state index is 0.310. The van der Waals surface area contributed by atoms with Crippen molar-refractivity contribution in [3.05, 3.63) is 29.8 Å². The summed E-state index contributed by atoms with van der Waals surface area (Å²) < 4.78 is 10.5. The Labute approximate surface area is 160 Å². The standard InChI is InChI=1S/C20H28N2O5/c1-14-7-5-6-8-16(14)21-17(23)13-26-18(24)15-9-11-22(12-10-15)19(25)27-20(2,3)4/h5-8,15H,9-13H2,1-4H3,(H,21,23). The van der Waals surface area contributed by atoms with Gasteiger partial charge in [0.15, 0.2) is 6.61 Å². The van der Waals surface area contributed by atoms with E-state index in [0.717, 1.165) is 5.56 Å². The maximum Gasteiger partial charge on any atom is 0.410 e. The molecule has 2 amide bonds. The van der Waals surface area contributed by atoms with Gasteiger partial charge in [0.1, 0.15) is 5.60 Å². The van der Waals surface area contributed by atoms with Crippen molar-refractivity contribution < 1.29 is 23.9 Å². The van der Waals surface area contributed by atoms with Crippen molar-refractivity contribution in [2.24, 2.45) is 5.92 Å². The molecular weight excluding hydrogens is 348 g/mol. The molecule has 1 aromatic carbocycles. The van der Waals surface area contributed by atoms with Crippen molar-refractivity contribution in [2.45, 2.75) is 46.1 Å². The topological polar surface area (TPSA) is 84.9 Å². The van der Waals surface area contributed by atoms with Gasteiger partial charge in [0.05, 0.1) is 5.92 Å². The van der Waals surface area contributed by atoms with Crippen molar-refractivity contribution in [3.63, 3.8) is 0 Å². The Bertz CT molecular complexity index is 688. The molecule has 0 saturated carbocycles. The summed E-state index contributed by atoms with van der Waals surface area (Å²) in [7, 11) is 0. The molecule has 7 heteroatoms. The second kappa shape index (κ2) is 8.88. The lowest BCUT2D eigenvalue weighted by molar-refractivity contribution is -0.153. The molecule has 0 aliphatic carbocycles. The van der Waals surface area contributed by atoms with E-state index in [2.05, 4.69) is 5.32 Å². The van der Waals surface area contributed by atoms with Crippen LogP contribution in [-0.4, -0.2) is 48.2 Å². The van der Waals surface area contributed by atoms with Crippen molar-refractivity contribution in [1.82, 2.24) is 4.90 Å². The smallest absolute Gasteiger partial charge is 0.410 e. The average molecular weight is 376 g/mol. The first-order chi connectivity index (χ1) is 12.7. The van der Waals surface area contributed by atoms with E-state index in [9.17, 15) is 14.4 Å². The van der Waals surface area contributed by atoms with E-state index in [-0.39, 0.29) is 24.5 Å². The number of anilines is 1. The maximum absolute atomic E-state index is 12.2. The summed E-state index contributed by atoms with van der Waals surface area (Å²) in [5, 5.41) is 2.73. The second-order valence-corrected chi connectivity index (χ2v) is 7.71. The van der Waals surface area contributed by atoms with Crippen molar-refractivity contribution >= 4 is 23.7 Å². The van der Waals surface area contributed by atoms with Crippen LogP contribution in [0.15, 0.2) is 24.3 Å². The van der Waals surface area contributed by atoms with Crippen molar-refractivity contribution in [1.29, 1.82) is 0 Å². The number of amides is 2. The molecule has 1 fully saturated rings. The second-order valence-electron chi connectivity index (χ2n) is 7.71. The Kier molecular flexibility index (Phi) is 6.82. The van der Waals surface area contributed by atoms with E-state index in [1.54, 1.807) is 11.0 Å². The van der Waals surface area contributed by atoms with E-state index in [1.807, 2.05) is 45.9 Å². The predicted molar refractivity (Wildman–Crippen MR) is 101 cm³/mol. The van der Waals surface area contributed by atoms with Crippen LogP contribution < -0.4 is 5.32 Å². The molecule has 1 aliphatic heterocycles. The van der Waals surface area contributed by atoms with E-state index in [4.69, 9.17) is 9.47 Å². The lowest BCUT2D eigenvalue weighted by atomic mass is 9.97. The minimum atomic E-state index is -0.544. The number of hydrogen-bond acceptors (Lipinski definition) is 5. The van der Waals surface area contributed by atoms with Gasteiger partial charge in [0, 0.05) is 18.8 Å². The SMILES string of the molecule is Cc1ccccc1NC(=O)COC(=O)C1CCN(C(=O)OC(C)(C)C)CC1. The van der Waals surface area contributed by atoms with Crippen LogP contribution in [0.3, 0.4) is 0 Å². The third kappa shape index (κ3) is 6.58. The molecular formula is C20H28N2O5. The van der Waals surface area contributed by atoms with Crippen LogP contribution in [0.25, 0.3) is 0 Å². The summed E-state index contributed by atoms with van der Waals surface area (Å²) in [6.07, 6.45) is 0.626. The third-order valence-corrected chi connectivity index (χ3v) is 4.24. The van der Waals surface area contributed by atoms with Crippen LogP contribution in [0.2, 0.25) is 0 Å². The number of para-hydroxylation sites is 1. The molecule has 1 saturated heterocycles.